The molecule has 0 aliphatic carbocycles. The molecule has 2 aromatic rings. The molecule has 2 aromatic heterocycles. The summed E-state index contributed by atoms with van der Waals surface area (Å²) in [5.74, 6) is 0.773. The fraction of sp³-hybridized carbons (Fsp3) is 0.286. The predicted molar refractivity (Wildman–Crippen MR) is 75.9 cm³/mol. The Morgan fingerprint density at radius 3 is 2.95 bits per heavy atom. The predicted octanol–water partition coefficient (Wildman–Crippen LogP) is 3.19. The SMILES string of the molecule is CC(CCc1ccco1)NC(=O)c1cccc(Br)n1. The molecule has 2 rings (SSSR count). The van der Waals surface area contributed by atoms with Crippen LogP contribution in [-0.2, 0) is 6.42 Å². The van der Waals surface area contributed by atoms with Crippen LogP contribution in [-0.4, -0.2) is 16.9 Å². The van der Waals surface area contributed by atoms with Crippen LogP contribution in [0.1, 0.15) is 29.6 Å². The topological polar surface area (TPSA) is 55.1 Å². The molecule has 0 fully saturated rings. The highest BCUT2D eigenvalue weighted by molar-refractivity contribution is 9.10. The lowest BCUT2D eigenvalue weighted by Crippen LogP contribution is -2.33. The second-order valence-electron chi connectivity index (χ2n) is 4.34. The number of amides is 1. The molecule has 1 N–H and O–H groups in total. The summed E-state index contributed by atoms with van der Waals surface area (Å²) in [6, 6.07) is 9.14. The number of carbonyl (C=O) groups excluding carboxylic acids is 1. The molecule has 1 amide bonds. The molecule has 1 atom stereocenters. The van der Waals surface area contributed by atoms with Crippen molar-refractivity contribution >= 4 is 21.8 Å². The maximum Gasteiger partial charge on any atom is 0.270 e. The largest absolute Gasteiger partial charge is 0.469 e. The fourth-order valence-electron chi connectivity index (χ4n) is 1.72. The zero-order valence-corrected chi connectivity index (χ0v) is 12.2. The minimum absolute atomic E-state index is 0.0679. The zero-order chi connectivity index (χ0) is 13.7. The molecule has 0 saturated heterocycles. The highest BCUT2D eigenvalue weighted by Crippen LogP contribution is 2.08. The van der Waals surface area contributed by atoms with Crippen LogP contribution in [0.25, 0.3) is 0 Å². The van der Waals surface area contributed by atoms with Gasteiger partial charge < -0.3 is 9.73 Å². The Hall–Kier alpha value is -1.62. The number of furan rings is 1. The van der Waals surface area contributed by atoms with Gasteiger partial charge in [-0.15, -0.1) is 0 Å². The summed E-state index contributed by atoms with van der Waals surface area (Å²) in [4.78, 5) is 16.1. The first-order valence-corrected chi connectivity index (χ1v) is 6.90. The van der Waals surface area contributed by atoms with Crippen LogP contribution in [0.5, 0.6) is 0 Å². The smallest absolute Gasteiger partial charge is 0.270 e. The monoisotopic (exact) mass is 322 g/mol. The average molecular weight is 323 g/mol. The molecule has 0 bridgehead atoms. The third-order valence-corrected chi connectivity index (χ3v) is 3.17. The van der Waals surface area contributed by atoms with E-state index < -0.39 is 0 Å². The van der Waals surface area contributed by atoms with E-state index in [2.05, 4.69) is 26.2 Å². The Bertz CT molecular complexity index is 540. The Morgan fingerprint density at radius 1 is 1.42 bits per heavy atom. The number of nitrogens with one attached hydrogen (secondary N) is 1. The zero-order valence-electron chi connectivity index (χ0n) is 10.6. The van der Waals surface area contributed by atoms with Crippen molar-refractivity contribution in [3.8, 4) is 0 Å². The Kier molecular flexibility index (Phi) is 4.74. The summed E-state index contributed by atoms with van der Waals surface area (Å²) < 4.78 is 5.91. The number of carbonyl (C=O) groups is 1. The van der Waals surface area contributed by atoms with Crippen molar-refractivity contribution in [1.29, 1.82) is 0 Å². The second kappa shape index (κ2) is 6.52. The molecular weight excluding hydrogens is 308 g/mol. The van der Waals surface area contributed by atoms with Gasteiger partial charge >= 0.3 is 0 Å². The molecule has 1 unspecified atom stereocenters. The van der Waals surface area contributed by atoms with E-state index in [9.17, 15) is 4.79 Å². The number of hydrogen-bond donors (Lipinski definition) is 1. The quantitative estimate of drug-likeness (QED) is 0.860. The number of halogens is 1. The summed E-state index contributed by atoms with van der Waals surface area (Å²) >= 11 is 3.25. The summed E-state index contributed by atoms with van der Waals surface area (Å²) in [6.45, 7) is 1.97. The molecule has 0 radical (unpaired) electrons. The number of aromatic nitrogens is 1. The van der Waals surface area contributed by atoms with Crippen molar-refractivity contribution in [3.63, 3.8) is 0 Å². The molecule has 0 aliphatic rings. The number of pyridine rings is 1. The van der Waals surface area contributed by atoms with Crippen molar-refractivity contribution in [2.24, 2.45) is 0 Å². The third-order valence-electron chi connectivity index (χ3n) is 2.73. The van der Waals surface area contributed by atoms with E-state index in [4.69, 9.17) is 4.42 Å². The van der Waals surface area contributed by atoms with Crippen LogP contribution in [0.2, 0.25) is 0 Å². The number of rotatable bonds is 5. The highest BCUT2D eigenvalue weighted by Gasteiger charge is 2.11. The maximum atomic E-state index is 12.0. The van der Waals surface area contributed by atoms with Gasteiger partial charge in [0, 0.05) is 12.5 Å². The Morgan fingerprint density at radius 2 is 2.26 bits per heavy atom. The van der Waals surface area contributed by atoms with Crippen molar-refractivity contribution in [3.05, 3.63) is 52.7 Å². The van der Waals surface area contributed by atoms with Crippen LogP contribution in [0.4, 0.5) is 0 Å². The van der Waals surface area contributed by atoms with E-state index in [0.717, 1.165) is 18.6 Å². The van der Waals surface area contributed by atoms with Crippen LogP contribution in [0.3, 0.4) is 0 Å². The third kappa shape index (κ3) is 4.21. The van der Waals surface area contributed by atoms with Crippen molar-refractivity contribution < 1.29 is 9.21 Å². The van der Waals surface area contributed by atoms with E-state index in [1.54, 1.807) is 24.5 Å². The first-order chi connectivity index (χ1) is 9.15. The van der Waals surface area contributed by atoms with Gasteiger partial charge in [0.25, 0.3) is 5.91 Å². The molecule has 0 aromatic carbocycles. The molecule has 0 spiro atoms. The maximum absolute atomic E-state index is 12.0. The van der Waals surface area contributed by atoms with Gasteiger partial charge in [0.2, 0.25) is 0 Å². The second-order valence-corrected chi connectivity index (χ2v) is 5.15. The molecule has 100 valence electrons. The van der Waals surface area contributed by atoms with Gasteiger partial charge in [-0.25, -0.2) is 4.98 Å². The number of aryl methyl sites for hydroxylation is 1. The van der Waals surface area contributed by atoms with Crippen molar-refractivity contribution in [1.82, 2.24) is 10.3 Å². The van der Waals surface area contributed by atoms with Crippen LogP contribution < -0.4 is 5.32 Å². The van der Waals surface area contributed by atoms with E-state index >= 15 is 0 Å². The molecule has 2 heterocycles. The lowest BCUT2D eigenvalue weighted by atomic mass is 10.1. The molecule has 5 heteroatoms. The Balaban J connectivity index is 1.84. The first kappa shape index (κ1) is 13.8. The van der Waals surface area contributed by atoms with Crippen LogP contribution in [0.15, 0.2) is 45.6 Å². The van der Waals surface area contributed by atoms with Gasteiger partial charge in [-0.05, 0) is 53.5 Å². The highest BCUT2D eigenvalue weighted by atomic mass is 79.9. The average Bonchev–Trinajstić information content (AvgIpc) is 2.89. The lowest BCUT2D eigenvalue weighted by Gasteiger charge is -2.12. The van der Waals surface area contributed by atoms with Crippen molar-refractivity contribution in [2.75, 3.05) is 0 Å². The molecule has 19 heavy (non-hydrogen) atoms. The Labute approximate surface area is 120 Å². The summed E-state index contributed by atoms with van der Waals surface area (Å²) in [5, 5.41) is 2.92. The van der Waals surface area contributed by atoms with E-state index in [0.29, 0.717) is 10.3 Å². The minimum Gasteiger partial charge on any atom is -0.469 e. The number of hydrogen-bond acceptors (Lipinski definition) is 3. The standard InChI is InChI=1S/C14H15BrN2O2/c1-10(7-8-11-4-3-9-19-11)16-14(18)12-5-2-6-13(15)17-12/h2-6,9-10H,7-8H2,1H3,(H,16,18). The molecule has 4 nitrogen and oxygen atoms in total. The molecule has 0 saturated carbocycles. The van der Waals surface area contributed by atoms with E-state index in [1.165, 1.54) is 0 Å². The summed E-state index contributed by atoms with van der Waals surface area (Å²) in [5.41, 5.74) is 0.416. The van der Waals surface area contributed by atoms with Gasteiger partial charge in [0.1, 0.15) is 16.1 Å². The van der Waals surface area contributed by atoms with Gasteiger partial charge in [0.05, 0.1) is 6.26 Å². The van der Waals surface area contributed by atoms with E-state index in [-0.39, 0.29) is 11.9 Å². The first-order valence-electron chi connectivity index (χ1n) is 6.11. The minimum atomic E-state index is -0.159. The van der Waals surface area contributed by atoms with Gasteiger partial charge in [-0.1, -0.05) is 6.07 Å². The molecule has 0 aliphatic heterocycles. The van der Waals surface area contributed by atoms with Crippen LogP contribution >= 0.6 is 15.9 Å². The fourth-order valence-corrected chi connectivity index (χ4v) is 2.06. The van der Waals surface area contributed by atoms with Gasteiger partial charge in [0.15, 0.2) is 0 Å². The van der Waals surface area contributed by atoms with Gasteiger partial charge in [-0.3, -0.25) is 4.79 Å². The normalized spacial score (nSPS) is 12.1. The van der Waals surface area contributed by atoms with E-state index in [1.807, 2.05) is 19.1 Å². The van der Waals surface area contributed by atoms with Crippen molar-refractivity contribution in [2.45, 2.75) is 25.8 Å². The van der Waals surface area contributed by atoms with Crippen LogP contribution in [0, 0.1) is 0 Å². The number of nitrogens with zero attached hydrogens (tertiary/aromatic N) is 1. The summed E-state index contributed by atoms with van der Waals surface area (Å²) in [7, 11) is 0. The summed E-state index contributed by atoms with van der Waals surface area (Å²) in [6.07, 6.45) is 3.29. The van der Waals surface area contributed by atoms with Gasteiger partial charge in [-0.2, -0.15) is 0 Å². The molecular formula is C14H15BrN2O2. The lowest BCUT2D eigenvalue weighted by molar-refractivity contribution is 0.0933.